The van der Waals surface area contributed by atoms with Crippen LogP contribution in [0.25, 0.3) is 5.69 Å². The predicted molar refractivity (Wildman–Crippen MR) is 111 cm³/mol. The second-order valence-corrected chi connectivity index (χ2v) is 7.66. The number of anilines is 1. The largest absolute Gasteiger partial charge is 0.493 e. The average molecular weight is 388 g/mol. The molecule has 3 heterocycles. The van der Waals surface area contributed by atoms with E-state index in [1.807, 2.05) is 36.5 Å². The minimum atomic E-state index is -0.0923. The van der Waals surface area contributed by atoms with Crippen molar-refractivity contribution in [1.29, 1.82) is 0 Å². The van der Waals surface area contributed by atoms with Crippen molar-refractivity contribution in [2.45, 2.75) is 31.8 Å². The maximum absolute atomic E-state index is 12.9. The van der Waals surface area contributed by atoms with Crippen molar-refractivity contribution < 1.29 is 9.53 Å². The molecule has 5 rings (SSSR count). The van der Waals surface area contributed by atoms with Gasteiger partial charge in [0.05, 0.1) is 18.3 Å². The van der Waals surface area contributed by atoms with E-state index in [1.54, 1.807) is 10.9 Å². The van der Waals surface area contributed by atoms with E-state index < -0.39 is 0 Å². The summed E-state index contributed by atoms with van der Waals surface area (Å²) in [6.45, 7) is 2.51. The number of ether oxygens (including phenoxy) is 1. The minimum absolute atomic E-state index is 0.0684. The number of rotatable bonds is 5. The molecule has 1 amide bonds. The number of fused-ring (bicyclic) bond motifs is 1. The van der Waals surface area contributed by atoms with Crippen LogP contribution in [0.2, 0.25) is 0 Å². The number of carbonyl (C=O) groups is 1. The zero-order valence-corrected chi connectivity index (χ0v) is 16.3. The summed E-state index contributed by atoms with van der Waals surface area (Å²) in [6, 6.07) is 16.0. The Balaban J connectivity index is 1.24. The summed E-state index contributed by atoms with van der Waals surface area (Å²) in [5.41, 5.74) is 4.31. The molecular formula is C23H24N4O2. The molecule has 1 unspecified atom stereocenters. The van der Waals surface area contributed by atoms with Crippen molar-refractivity contribution in [3.05, 3.63) is 72.1 Å². The first-order valence-corrected chi connectivity index (χ1v) is 10.2. The van der Waals surface area contributed by atoms with Gasteiger partial charge in [0.15, 0.2) is 0 Å². The smallest absolute Gasteiger partial charge is 0.241 e. The van der Waals surface area contributed by atoms with Gasteiger partial charge in [-0.3, -0.25) is 9.69 Å². The summed E-state index contributed by atoms with van der Waals surface area (Å²) in [5.74, 6) is 1.07. The second kappa shape index (κ2) is 7.72. The molecule has 3 aromatic rings. The fourth-order valence-electron chi connectivity index (χ4n) is 4.23. The van der Waals surface area contributed by atoms with Gasteiger partial charge in [-0.25, -0.2) is 4.68 Å². The summed E-state index contributed by atoms with van der Waals surface area (Å²) in [4.78, 5) is 15.2. The van der Waals surface area contributed by atoms with Crippen molar-refractivity contribution in [3.8, 4) is 11.4 Å². The highest BCUT2D eigenvalue weighted by molar-refractivity contribution is 5.95. The average Bonchev–Trinajstić information content (AvgIpc) is 3.50. The number of hydrogen-bond donors (Lipinski definition) is 1. The number of amides is 1. The standard InChI is InChI=1S/C23H24N4O2/c28-23(25-19-5-7-20(8-6-19)27-13-2-11-24-27)21-3-1-12-26(21)16-17-4-9-22-18(15-17)10-14-29-22/h2,4-9,11,13,15,21H,1,3,10,12,14,16H2,(H,25,28). The van der Waals surface area contributed by atoms with Gasteiger partial charge in [-0.2, -0.15) is 5.10 Å². The van der Waals surface area contributed by atoms with Gasteiger partial charge in [0, 0.05) is 31.0 Å². The van der Waals surface area contributed by atoms with E-state index >= 15 is 0 Å². The van der Waals surface area contributed by atoms with Crippen molar-refractivity contribution in [3.63, 3.8) is 0 Å². The molecular weight excluding hydrogens is 364 g/mol. The number of nitrogens with one attached hydrogen (secondary N) is 1. The van der Waals surface area contributed by atoms with Crippen LogP contribution in [0.5, 0.6) is 5.75 Å². The van der Waals surface area contributed by atoms with Crippen LogP contribution in [-0.4, -0.2) is 39.8 Å². The fourth-order valence-corrected chi connectivity index (χ4v) is 4.23. The van der Waals surface area contributed by atoms with Crippen molar-refractivity contribution in [2.24, 2.45) is 0 Å². The molecule has 1 fully saturated rings. The Kier molecular flexibility index (Phi) is 4.77. The number of benzene rings is 2. The van der Waals surface area contributed by atoms with Gasteiger partial charge in [0.25, 0.3) is 0 Å². The van der Waals surface area contributed by atoms with E-state index in [0.29, 0.717) is 0 Å². The van der Waals surface area contributed by atoms with Crippen LogP contribution in [0.1, 0.15) is 24.0 Å². The third kappa shape index (κ3) is 3.76. The van der Waals surface area contributed by atoms with Crippen molar-refractivity contribution in [1.82, 2.24) is 14.7 Å². The lowest BCUT2D eigenvalue weighted by Crippen LogP contribution is -2.39. The first-order chi connectivity index (χ1) is 14.3. The van der Waals surface area contributed by atoms with Gasteiger partial charge >= 0.3 is 0 Å². The summed E-state index contributed by atoms with van der Waals surface area (Å²) in [7, 11) is 0. The Morgan fingerprint density at radius 3 is 2.93 bits per heavy atom. The Hall–Kier alpha value is -3.12. The molecule has 6 nitrogen and oxygen atoms in total. The zero-order valence-electron chi connectivity index (χ0n) is 16.3. The molecule has 29 heavy (non-hydrogen) atoms. The Labute approximate surface area is 170 Å². The van der Waals surface area contributed by atoms with E-state index in [0.717, 1.165) is 56.1 Å². The van der Waals surface area contributed by atoms with Gasteiger partial charge in [0.2, 0.25) is 5.91 Å². The molecule has 0 aliphatic carbocycles. The highest BCUT2D eigenvalue weighted by atomic mass is 16.5. The van der Waals surface area contributed by atoms with E-state index in [9.17, 15) is 4.79 Å². The molecule has 0 saturated carbocycles. The summed E-state index contributed by atoms with van der Waals surface area (Å²) in [6.07, 6.45) is 6.56. The number of aromatic nitrogens is 2. The topological polar surface area (TPSA) is 59.4 Å². The summed E-state index contributed by atoms with van der Waals surface area (Å²) < 4.78 is 7.40. The SMILES string of the molecule is O=C(Nc1ccc(-n2cccn2)cc1)C1CCCN1Cc1ccc2c(c1)CCO2. The van der Waals surface area contributed by atoms with Crippen LogP contribution in [0, 0.1) is 0 Å². The molecule has 0 radical (unpaired) electrons. The predicted octanol–water partition coefficient (Wildman–Crippen LogP) is 3.41. The quantitative estimate of drug-likeness (QED) is 0.728. The molecule has 0 bridgehead atoms. The molecule has 1 atom stereocenters. The molecule has 2 aromatic carbocycles. The van der Waals surface area contributed by atoms with E-state index in [4.69, 9.17) is 4.74 Å². The number of likely N-dealkylation sites (tertiary alicyclic amines) is 1. The molecule has 148 valence electrons. The van der Waals surface area contributed by atoms with Crippen molar-refractivity contribution in [2.75, 3.05) is 18.5 Å². The number of nitrogens with zero attached hydrogens (tertiary/aromatic N) is 3. The van der Waals surface area contributed by atoms with Crippen LogP contribution < -0.4 is 10.1 Å². The highest BCUT2D eigenvalue weighted by Gasteiger charge is 2.31. The fraction of sp³-hybridized carbons (Fsp3) is 0.304. The van der Waals surface area contributed by atoms with Gasteiger partial charge < -0.3 is 10.1 Å². The second-order valence-electron chi connectivity index (χ2n) is 7.66. The molecule has 1 N–H and O–H groups in total. The van der Waals surface area contributed by atoms with Gasteiger partial charge in [0.1, 0.15) is 5.75 Å². The van der Waals surface area contributed by atoms with Crippen LogP contribution in [-0.2, 0) is 17.8 Å². The zero-order chi connectivity index (χ0) is 19.6. The number of carbonyl (C=O) groups excluding carboxylic acids is 1. The monoisotopic (exact) mass is 388 g/mol. The van der Waals surface area contributed by atoms with Crippen LogP contribution in [0.15, 0.2) is 60.9 Å². The van der Waals surface area contributed by atoms with Crippen LogP contribution in [0.4, 0.5) is 5.69 Å². The van der Waals surface area contributed by atoms with Crippen LogP contribution in [0.3, 0.4) is 0 Å². The van der Waals surface area contributed by atoms with E-state index in [1.165, 1.54) is 11.1 Å². The molecule has 2 aliphatic rings. The first kappa shape index (κ1) is 17.9. The lowest BCUT2D eigenvalue weighted by Gasteiger charge is -2.24. The molecule has 6 heteroatoms. The van der Waals surface area contributed by atoms with Gasteiger partial charge in [-0.05, 0) is 66.9 Å². The van der Waals surface area contributed by atoms with E-state index in [-0.39, 0.29) is 11.9 Å². The molecule has 0 spiro atoms. The minimum Gasteiger partial charge on any atom is -0.493 e. The van der Waals surface area contributed by atoms with E-state index in [2.05, 4.69) is 33.5 Å². The Bertz CT molecular complexity index is 998. The summed E-state index contributed by atoms with van der Waals surface area (Å²) in [5, 5.41) is 7.31. The number of hydrogen-bond acceptors (Lipinski definition) is 4. The third-order valence-corrected chi connectivity index (χ3v) is 5.71. The summed E-state index contributed by atoms with van der Waals surface area (Å²) >= 11 is 0. The normalized spacial score (nSPS) is 18.4. The lowest BCUT2D eigenvalue weighted by atomic mass is 10.1. The maximum atomic E-state index is 12.9. The maximum Gasteiger partial charge on any atom is 0.241 e. The lowest BCUT2D eigenvalue weighted by molar-refractivity contribution is -0.120. The highest BCUT2D eigenvalue weighted by Crippen LogP contribution is 2.28. The van der Waals surface area contributed by atoms with Crippen LogP contribution >= 0.6 is 0 Å². The van der Waals surface area contributed by atoms with Gasteiger partial charge in [-0.15, -0.1) is 0 Å². The third-order valence-electron chi connectivity index (χ3n) is 5.71. The Morgan fingerprint density at radius 2 is 2.10 bits per heavy atom. The first-order valence-electron chi connectivity index (χ1n) is 10.2. The molecule has 1 saturated heterocycles. The molecule has 1 aromatic heterocycles. The Morgan fingerprint density at radius 1 is 1.21 bits per heavy atom. The molecule has 2 aliphatic heterocycles. The van der Waals surface area contributed by atoms with Crippen molar-refractivity contribution >= 4 is 11.6 Å². The van der Waals surface area contributed by atoms with Gasteiger partial charge in [-0.1, -0.05) is 12.1 Å².